The molecule has 1 aliphatic rings. The molecule has 0 radical (unpaired) electrons. The molecule has 0 aromatic heterocycles. The molecule has 3 rings (SSSR count). The standard InChI is InChI=1S/C19H20N2O4/c1-2-24-12-7-8-16(15(11-12)18(20)22)21-19(23)14-9-10-25-17-6-4-3-5-13(14)17/h3-8,11,14H,2,9-10H2,1H3,(H2,20,22)(H,21,23)/t14-/m0/s1. The number of benzene rings is 2. The smallest absolute Gasteiger partial charge is 0.250 e. The molecule has 2 amide bonds. The minimum atomic E-state index is -0.621. The van der Waals surface area contributed by atoms with Gasteiger partial charge in [0.15, 0.2) is 0 Å². The second-order valence-corrected chi connectivity index (χ2v) is 5.72. The van der Waals surface area contributed by atoms with Gasteiger partial charge in [0, 0.05) is 5.56 Å². The predicted molar refractivity (Wildman–Crippen MR) is 94.1 cm³/mol. The summed E-state index contributed by atoms with van der Waals surface area (Å²) >= 11 is 0. The number of para-hydroxylation sites is 1. The highest BCUT2D eigenvalue weighted by Gasteiger charge is 2.28. The Bertz CT molecular complexity index is 804. The Hall–Kier alpha value is -3.02. The van der Waals surface area contributed by atoms with Gasteiger partial charge in [-0.25, -0.2) is 0 Å². The lowest BCUT2D eigenvalue weighted by Crippen LogP contribution is -2.27. The van der Waals surface area contributed by atoms with E-state index in [-0.39, 0.29) is 17.4 Å². The average Bonchev–Trinajstić information content (AvgIpc) is 2.62. The first-order valence-electron chi connectivity index (χ1n) is 8.19. The molecule has 6 nitrogen and oxygen atoms in total. The summed E-state index contributed by atoms with van der Waals surface area (Å²) in [6.45, 7) is 2.80. The minimum Gasteiger partial charge on any atom is -0.494 e. The van der Waals surface area contributed by atoms with Crippen LogP contribution in [0, 0.1) is 0 Å². The maximum Gasteiger partial charge on any atom is 0.250 e. The fourth-order valence-corrected chi connectivity index (χ4v) is 2.93. The van der Waals surface area contributed by atoms with Crippen LogP contribution >= 0.6 is 0 Å². The van der Waals surface area contributed by atoms with Crippen LogP contribution in [0.3, 0.4) is 0 Å². The molecule has 0 bridgehead atoms. The van der Waals surface area contributed by atoms with E-state index >= 15 is 0 Å². The fraction of sp³-hybridized carbons (Fsp3) is 0.263. The van der Waals surface area contributed by atoms with Crippen molar-refractivity contribution in [1.82, 2.24) is 0 Å². The van der Waals surface area contributed by atoms with Gasteiger partial charge in [-0.15, -0.1) is 0 Å². The molecule has 0 unspecified atom stereocenters. The molecule has 1 heterocycles. The quantitative estimate of drug-likeness (QED) is 0.875. The highest BCUT2D eigenvalue weighted by molar-refractivity contribution is 6.05. The molecular formula is C19H20N2O4. The van der Waals surface area contributed by atoms with E-state index < -0.39 is 5.91 Å². The Morgan fingerprint density at radius 3 is 2.84 bits per heavy atom. The van der Waals surface area contributed by atoms with Crippen LogP contribution in [0.15, 0.2) is 42.5 Å². The van der Waals surface area contributed by atoms with Crippen molar-refractivity contribution in [3.63, 3.8) is 0 Å². The van der Waals surface area contributed by atoms with Crippen molar-refractivity contribution in [2.24, 2.45) is 5.73 Å². The number of amides is 2. The van der Waals surface area contributed by atoms with Crippen LogP contribution in [0.4, 0.5) is 5.69 Å². The Balaban J connectivity index is 1.85. The van der Waals surface area contributed by atoms with Crippen LogP contribution in [0.2, 0.25) is 0 Å². The van der Waals surface area contributed by atoms with Crippen LogP contribution in [0.5, 0.6) is 11.5 Å². The number of nitrogens with one attached hydrogen (secondary N) is 1. The maximum absolute atomic E-state index is 12.8. The third-order valence-corrected chi connectivity index (χ3v) is 4.10. The van der Waals surface area contributed by atoms with Crippen LogP contribution in [-0.2, 0) is 4.79 Å². The lowest BCUT2D eigenvalue weighted by atomic mass is 9.92. The molecule has 6 heteroatoms. The number of hydrogen-bond donors (Lipinski definition) is 2. The van der Waals surface area contributed by atoms with Crippen LogP contribution in [0.25, 0.3) is 0 Å². The van der Waals surface area contributed by atoms with Crippen LogP contribution in [0.1, 0.15) is 35.2 Å². The average molecular weight is 340 g/mol. The molecule has 0 spiro atoms. The van der Waals surface area contributed by atoms with Gasteiger partial charge >= 0.3 is 0 Å². The topological polar surface area (TPSA) is 90.7 Å². The van der Waals surface area contributed by atoms with E-state index in [1.54, 1.807) is 18.2 Å². The number of rotatable bonds is 5. The predicted octanol–water partition coefficient (Wildman–Crippen LogP) is 2.69. The summed E-state index contributed by atoms with van der Waals surface area (Å²) in [4.78, 5) is 24.5. The van der Waals surface area contributed by atoms with Crippen molar-refractivity contribution in [1.29, 1.82) is 0 Å². The first kappa shape index (κ1) is 16.8. The monoisotopic (exact) mass is 340 g/mol. The fourth-order valence-electron chi connectivity index (χ4n) is 2.93. The zero-order valence-electron chi connectivity index (χ0n) is 14.0. The van der Waals surface area contributed by atoms with E-state index in [0.717, 1.165) is 11.3 Å². The van der Waals surface area contributed by atoms with E-state index in [2.05, 4.69) is 5.32 Å². The number of primary amides is 1. The third-order valence-electron chi connectivity index (χ3n) is 4.10. The van der Waals surface area contributed by atoms with Crippen LogP contribution in [-0.4, -0.2) is 25.0 Å². The summed E-state index contributed by atoms with van der Waals surface area (Å²) in [5.41, 5.74) is 6.89. The number of hydrogen-bond acceptors (Lipinski definition) is 4. The van der Waals surface area contributed by atoms with Gasteiger partial charge in [0.2, 0.25) is 5.91 Å². The molecule has 0 aliphatic carbocycles. The number of anilines is 1. The van der Waals surface area contributed by atoms with Crippen molar-refractivity contribution in [2.75, 3.05) is 18.5 Å². The molecule has 3 N–H and O–H groups in total. The van der Waals surface area contributed by atoms with Crippen molar-refractivity contribution >= 4 is 17.5 Å². The van der Waals surface area contributed by atoms with E-state index in [1.807, 2.05) is 31.2 Å². The largest absolute Gasteiger partial charge is 0.494 e. The van der Waals surface area contributed by atoms with E-state index in [1.165, 1.54) is 0 Å². The van der Waals surface area contributed by atoms with Crippen molar-refractivity contribution < 1.29 is 19.1 Å². The summed E-state index contributed by atoms with van der Waals surface area (Å²) in [5.74, 6) is 0.102. The second-order valence-electron chi connectivity index (χ2n) is 5.72. The van der Waals surface area contributed by atoms with Gasteiger partial charge in [0.1, 0.15) is 11.5 Å². The van der Waals surface area contributed by atoms with Gasteiger partial charge in [0.05, 0.1) is 30.4 Å². The van der Waals surface area contributed by atoms with Gasteiger partial charge in [-0.3, -0.25) is 9.59 Å². The minimum absolute atomic E-state index is 0.192. The zero-order chi connectivity index (χ0) is 17.8. The van der Waals surface area contributed by atoms with Crippen molar-refractivity contribution in [2.45, 2.75) is 19.3 Å². The van der Waals surface area contributed by atoms with Gasteiger partial charge in [-0.1, -0.05) is 18.2 Å². The lowest BCUT2D eigenvalue weighted by molar-refractivity contribution is -0.118. The Morgan fingerprint density at radius 2 is 2.08 bits per heavy atom. The summed E-state index contributed by atoms with van der Waals surface area (Å²) < 4.78 is 11.0. The van der Waals surface area contributed by atoms with Crippen LogP contribution < -0.4 is 20.5 Å². The lowest BCUT2D eigenvalue weighted by Gasteiger charge is -2.25. The molecule has 1 aliphatic heterocycles. The number of ether oxygens (including phenoxy) is 2. The first-order chi connectivity index (χ1) is 12.1. The molecule has 130 valence electrons. The molecule has 2 aromatic rings. The number of carbonyl (C=O) groups is 2. The summed E-state index contributed by atoms with van der Waals surface area (Å²) in [5, 5.41) is 2.82. The normalized spacial score (nSPS) is 15.6. The zero-order valence-corrected chi connectivity index (χ0v) is 14.0. The Morgan fingerprint density at radius 1 is 1.28 bits per heavy atom. The van der Waals surface area contributed by atoms with E-state index in [4.69, 9.17) is 15.2 Å². The second kappa shape index (κ2) is 7.25. The number of nitrogens with two attached hydrogens (primary N) is 1. The summed E-state index contributed by atoms with van der Waals surface area (Å²) in [6.07, 6.45) is 0.575. The molecule has 25 heavy (non-hydrogen) atoms. The van der Waals surface area contributed by atoms with E-state index in [0.29, 0.717) is 31.1 Å². The molecule has 1 atom stereocenters. The molecule has 2 aromatic carbocycles. The molecule has 0 fully saturated rings. The van der Waals surface area contributed by atoms with Crippen molar-refractivity contribution in [3.05, 3.63) is 53.6 Å². The summed E-state index contributed by atoms with van der Waals surface area (Å²) in [6, 6.07) is 12.3. The molecule has 0 saturated heterocycles. The third kappa shape index (κ3) is 3.57. The van der Waals surface area contributed by atoms with Gasteiger partial charge < -0.3 is 20.5 Å². The van der Waals surface area contributed by atoms with E-state index in [9.17, 15) is 9.59 Å². The molecular weight excluding hydrogens is 320 g/mol. The summed E-state index contributed by atoms with van der Waals surface area (Å²) in [7, 11) is 0. The first-order valence-corrected chi connectivity index (χ1v) is 8.19. The highest BCUT2D eigenvalue weighted by Crippen LogP contribution is 2.34. The molecule has 0 saturated carbocycles. The van der Waals surface area contributed by atoms with Gasteiger partial charge in [-0.2, -0.15) is 0 Å². The maximum atomic E-state index is 12.8. The van der Waals surface area contributed by atoms with Gasteiger partial charge in [0.25, 0.3) is 5.91 Å². The Labute approximate surface area is 145 Å². The van der Waals surface area contributed by atoms with Gasteiger partial charge in [-0.05, 0) is 37.6 Å². The van der Waals surface area contributed by atoms with Crippen molar-refractivity contribution in [3.8, 4) is 11.5 Å². The SMILES string of the molecule is CCOc1ccc(NC(=O)[C@H]2CCOc3ccccc32)c(C(N)=O)c1. The number of carbonyl (C=O) groups excluding carboxylic acids is 2. The highest BCUT2D eigenvalue weighted by atomic mass is 16.5. The Kier molecular flexibility index (Phi) is 4.88. The number of fused-ring (bicyclic) bond motifs is 1.